The van der Waals surface area contributed by atoms with Gasteiger partial charge < -0.3 is 19.2 Å². The Bertz CT molecular complexity index is 1090. The molecule has 1 fully saturated rings. The zero-order chi connectivity index (χ0) is 21.8. The van der Waals surface area contributed by atoms with Gasteiger partial charge in [-0.25, -0.2) is 0 Å². The largest absolute Gasteiger partial charge is 0.507 e. The lowest BCUT2D eigenvalue weighted by molar-refractivity contribution is -0.140. The molecule has 2 aromatic heterocycles. The van der Waals surface area contributed by atoms with Crippen LogP contribution in [-0.2, 0) is 16.1 Å². The van der Waals surface area contributed by atoms with Crippen molar-refractivity contribution in [2.75, 3.05) is 6.61 Å². The zero-order valence-corrected chi connectivity index (χ0v) is 17.0. The van der Waals surface area contributed by atoms with E-state index in [4.69, 9.17) is 9.15 Å². The molecule has 7 nitrogen and oxygen atoms in total. The average molecular weight is 418 g/mol. The number of carbonyl (C=O) groups is 2. The molecule has 31 heavy (non-hydrogen) atoms. The lowest BCUT2D eigenvalue weighted by atomic mass is 9.99. The molecule has 0 radical (unpaired) electrons. The smallest absolute Gasteiger partial charge is 0.296 e. The van der Waals surface area contributed by atoms with Gasteiger partial charge in [0.2, 0.25) is 0 Å². The van der Waals surface area contributed by atoms with Crippen LogP contribution in [0.1, 0.15) is 36.3 Å². The second-order valence-electron chi connectivity index (χ2n) is 7.17. The number of rotatable bonds is 7. The van der Waals surface area contributed by atoms with Gasteiger partial charge in [0, 0.05) is 24.5 Å². The van der Waals surface area contributed by atoms with Gasteiger partial charge >= 0.3 is 0 Å². The number of hydrogen-bond donors (Lipinski definition) is 1. The Hall–Kier alpha value is -3.87. The molecule has 3 heterocycles. The van der Waals surface area contributed by atoms with Crippen LogP contribution in [0.4, 0.5) is 0 Å². The van der Waals surface area contributed by atoms with Gasteiger partial charge in [-0.1, -0.05) is 6.92 Å². The van der Waals surface area contributed by atoms with Crippen LogP contribution in [0.5, 0.6) is 5.75 Å². The number of likely N-dealkylation sites (tertiary alicyclic amines) is 1. The minimum absolute atomic E-state index is 0.00349. The molecule has 0 saturated carbocycles. The number of ketones is 1. The molecule has 1 aliphatic heterocycles. The Kier molecular flexibility index (Phi) is 5.84. The summed E-state index contributed by atoms with van der Waals surface area (Å²) >= 11 is 0. The monoisotopic (exact) mass is 418 g/mol. The van der Waals surface area contributed by atoms with Crippen molar-refractivity contribution in [2.24, 2.45) is 0 Å². The van der Waals surface area contributed by atoms with Gasteiger partial charge in [-0.2, -0.15) is 0 Å². The molecule has 3 aromatic rings. The summed E-state index contributed by atoms with van der Waals surface area (Å²) in [5, 5.41) is 11.0. The minimum atomic E-state index is -0.834. The van der Waals surface area contributed by atoms with Crippen LogP contribution in [-0.4, -0.2) is 33.3 Å². The molecular formula is C24H22N2O5. The van der Waals surface area contributed by atoms with E-state index in [9.17, 15) is 14.7 Å². The van der Waals surface area contributed by atoms with Gasteiger partial charge in [-0.3, -0.25) is 14.6 Å². The fourth-order valence-corrected chi connectivity index (χ4v) is 3.56. The Balaban J connectivity index is 1.74. The van der Waals surface area contributed by atoms with Crippen LogP contribution in [0.2, 0.25) is 0 Å². The molecule has 0 spiro atoms. The van der Waals surface area contributed by atoms with E-state index in [1.54, 1.807) is 60.9 Å². The van der Waals surface area contributed by atoms with Gasteiger partial charge in [0.15, 0.2) is 0 Å². The van der Waals surface area contributed by atoms with Crippen LogP contribution in [0.15, 0.2) is 77.2 Å². The summed E-state index contributed by atoms with van der Waals surface area (Å²) in [6, 6.07) is 12.8. The van der Waals surface area contributed by atoms with Crippen molar-refractivity contribution in [3.8, 4) is 5.75 Å². The van der Waals surface area contributed by atoms with E-state index in [1.807, 2.05) is 6.92 Å². The summed E-state index contributed by atoms with van der Waals surface area (Å²) in [5.41, 5.74) is 1.23. The molecule has 0 bridgehead atoms. The number of aromatic nitrogens is 1. The lowest BCUT2D eigenvalue weighted by Crippen LogP contribution is -2.29. The van der Waals surface area contributed by atoms with E-state index >= 15 is 0 Å². The third kappa shape index (κ3) is 4.07. The molecular weight excluding hydrogens is 396 g/mol. The summed E-state index contributed by atoms with van der Waals surface area (Å²) in [7, 11) is 0. The number of Topliss-reactive ketones (excluding diaryl/α,β-unsaturated/α-hetero) is 1. The van der Waals surface area contributed by atoms with E-state index < -0.39 is 17.7 Å². The third-order valence-electron chi connectivity index (χ3n) is 5.06. The van der Waals surface area contributed by atoms with Crippen molar-refractivity contribution in [3.05, 3.63) is 89.6 Å². The molecule has 1 aliphatic rings. The number of hydrogen-bond acceptors (Lipinski definition) is 6. The number of benzene rings is 1. The van der Waals surface area contributed by atoms with Crippen LogP contribution in [0, 0.1) is 0 Å². The SMILES string of the molecule is CCCOc1ccc(/C(O)=C2/C(=O)C(=O)N(Cc3ccncc3)C2c2ccco2)cc1. The van der Waals surface area contributed by atoms with E-state index in [0.29, 0.717) is 23.7 Å². The van der Waals surface area contributed by atoms with Gasteiger partial charge in [0.25, 0.3) is 11.7 Å². The fraction of sp³-hybridized carbons (Fsp3) is 0.208. The van der Waals surface area contributed by atoms with E-state index in [2.05, 4.69) is 4.98 Å². The quantitative estimate of drug-likeness (QED) is 0.353. The van der Waals surface area contributed by atoms with Gasteiger partial charge in [-0.15, -0.1) is 0 Å². The molecule has 0 aliphatic carbocycles. The summed E-state index contributed by atoms with van der Waals surface area (Å²) < 4.78 is 11.1. The van der Waals surface area contributed by atoms with Crippen molar-refractivity contribution in [1.29, 1.82) is 0 Å². The molecule has 158 valence electrons. The maximum atomic E-state index is 12.9. The highest BCUT2D eigenvalue weighted by Crippen LogP contribution is 2.40. The van der Waals surface area contributed by atoms with Crippen LogP contribution < -0.4 is 4.74 Å². The van der Waals surface area contributed by atoms with E-state index in [0.717, 1.165) is 12.0 Å². The number of aliphatic hydroxyl groups excluding tert-OH is 1. The molecule has 4 rings (SSSR count). The summed E-state index contributed by atoms with van der Waals surface area (Å²) in [4.78, 5) is 31.2. The Labute approximate surface area is 179 Å². The second-order valence-corrected chi connectivity index (χ2v) is 7.17. The molecule has 1 amide bonds. The Morgan fingerprint density at radius 3 is 2.52 bits per heavy atom. The predicted molar refractivity (Wildman–Crippen MR) is 113 cm³/mol. The second kappa shape index (κ2) is 8.87. The standard InChI is InChI=1S/C24H22N2O5/c1-2-13-30-18-7-5-17(6-8-18)22(27)20-21(19-4-3-14-31-19)26(24(29)23(20)28)15-16-9-11-25-12-10-16/h3-12,14,21,27H,2,13,15H2,1H3/b22-20-. The zero-order valence-electron chi connectivity index (χ0n) is 17.0. The maximum Gasteiger partial charge on any atom is 0.296 e. The van der Waals surface area contributed by atoms with Gasteiger partial charge in [0.1, 0.15) is 23.3 Å². The average Bonchev–Trinajstić information content (AvgIpc) is 3.41. The molecule has 7 heteroatoms. The fourth-order valence-electron chi connectivity index (χ4n) is 3.56. The van der Waals surface area contributed by atoms with Crippen LogP contribution >= 0.6 is 0 Å². The van der Waals surface area contributed by atoms with Crippen molar-refractivity contribution < 1.29 is 23.8 Å². The van der Waals surface area contributed by atoms with Crippen molar-refractivity contribution in [3.63, 3.8) is 0 Å². The van der Waals surface area contributed by atoms with Gasteiger partial charge in [-0.05, 0) is 60.5 Å². The molecule has 1 unspecified atom stereocenters. The first-order chi connectivity index (χ1) is 15.1. The van der Waals surface area contributed by atoms with E-state index in [-0.39, 0.29) is 17.9 Å². The van der Waals surface area contributed by atoms with Crippen molar-refractivity contribution in [1.82, 2.24) is 9.88 Å². The molecule has 1 atom stereocenters. The normalized spacial score (nSPS) is 17.8. The Morgan fingerprint density at radius 2 is 1.87 bits per heavy atom. The van der Waals surface area contributed by atoms with Gasteiger partial charge in [0.05, 0.1) is 18.4 Å². The maximum absolute atomic E-state index is 12.9. The lowest BCUT2D eigenvalue weighted by Gasteiger charge is -2.23. The summed E-state index contributed by atoms with van der Waals surface area (Å²) in [6.07, 6.45) is 5.60. The summed E-state index contributed by atoms with van der Waals surface area (Å²) in [6.45, 7) is 2.78. The van der Waals surface area contributed by atoms with Crippen molar-refractivity contribution >= 4 is 17.4 Å². The number of pyridine rings is 1. The molecule has 1 aromatic carbocycles. The van der Waals surface area contributed by atoms with Crippen molar-refractivity contribution in [2.45, 2.75) is 25.9 Å². The first kappa shape index (κ1) is 20.4. The minimum Gasteiger partial charge on any atom is -0.507 e. The summed E-state index contributed by atoms with van der Waals surface area (Å²) in [5.74, 6) is -0.627. The van der Waals surface area contributed by atoms with E-state index in [1.165, 1.54) is 11.2 Å². The highest BCUT2D eigenvalue weighted by Gasteiger charge is 2.47. The number of carbonyl (C=O) groups excluding carboxylic acids is 2. The highest BCUT2D eigenvalue weighted by atomic mass is 16.5. The molecule has 1 saturated heterocycles. The first-order valence-corrected chi connectivity index (χ1v) is 10.0. The number of ether oxygens (including phenoxy) is 1. The number of nitrogens with zero attached hydrogens (tertiary/aromatic N) is 2. The number of furan rings is 1. The number of aliphatic hydroxyl groups is 1. The first-order valence-electron chi connectivity index (χ1n) is 10.0. The predicted octanol–water partition coefficient (Wildman–Crippen LogP) is 4.09. The molecule has 1 N–H and O–H groups in total. The Morgan fingerprint density at radius 1 is 1.13 bits per heavy atom. The van der Waals surface area contributed by atoms with Crippen LogP contribution in [0.3, 0.4) is 0 Å². The third-order valence-corrected chi connectivity index (χ3v) is 5.06. The topological polar surface area (TPSA) is 92.9 Å². The highest BCUT2D eigenvalue weighted by molar-refractivity contribution is 6.46. The number of amides is 1. The van der Waals surface area contributed by atoms with Crippen LogP contribution in [0.25, 0.3) is 5.76 Å².